The van der Waals surface area contributed by atoms with Crippen LogP contribution < -0.4 is 15.1 Å². The minimum absolute atomic E-state index is 0.128. The number of nitrogens with one attached hydrogen (secondary N) is 1. The summed E-state index contributed by atoms with van der Waals surface area (Å²) in [5, 5.41) is 19.3. The molecule has 0 aliphatic rings. The Morgan fingerprint density at radius 3 is 2.28 bits per heavy atom. The van der Waals surface area contributed by atoms with E-state index in [2.05, 4.69) is 6.92 Å². The molecule has 1 unspecified atom stereocenters. The lowest BCUT2D eigenvalue weighted by Crippen LogP contribution is -2.31. The molecule has 6 heteroatoms. The number of hydrogen-bond acceptors (Lipinski definition) is 4. The average molecular weight is 398 g/mol. The standard InChI is InChI=1S/C23H31N3O3/c1-3-4-5-10-15-25-19-11-6-7-12-20(19)26(23(25)24)16-18(27)17-29-22-14-9-8-13-21(22)28-2/h6-9,11-14,18,24,27H,3-5,10,15-17H2,1-2H3. The Morgan fingerprint density at radius 1 is 0.931 bits per heavy atom. The summed E-state index contributed by atoms with van der Waals surface area (Å²) in [5.41, 5.74) is 2.41. The monoisotopic (exact) mass is 397 g/mol. The molecule has 0 bridgehead atoms. The zero-order valence-corrected chi connectivity index (χ0v) is 17.3. The van der Waals surface area contributed by atoms with Crippen LogP contribution in [-0.2, 0) is 13.1 Å². The van der Waals surface area contributed by atoms with Crippen LogP contribution in [0.25, 0.3) is 11.0 Å². The fourth-order valence-corrected chi connectivity index (χ4v) is 3.59. The van der Waals surface area contributed by atoms with Gasteiger partial charge in [0.2, 0.25) is 5.62 Å². The zero-order chi connectivity index (χ0) is 20.6. The molecular formula is C23H31N3O3. The number of para-hydroxylation sites is 4. The number of benzene rings is 2. The number of aliphatic hydroxyl groups is 1. The van der Waals surface area contributed by atoms with E-state index in [0.29, 0.717) is 23.7 Å². The maximum Gasteiger partial charge on any atom is 0.203 e. The third kappa shape index (κ3) is 5.01. The summed E-state index contributed by atoms with van der Waals surface area (Å²) in [7, 11) is 1.59. The molecule has 6 nitrogen and oxygen atoms in total. The third-order valence-corrected chi connectivity index (χ3v) is 5.10. The number of hydrogen-bond donors (Lipinski definition) is 2. The molecule has 3 aromatic rings. The lowest BCUT2D eigenvalue weighted by Gasteiger charge is -2.15. The molecule has 0 fully saturated rings. The van der Waals surface area contributed by atoms with Crippen molar-refractivity contribution in [1.82, 2.24) is 9.13 Å². The van der Waals surface area contributed by atoms with E-state index in [1.54, 1.807) is 7.11 Å². The van der Waals surface area contributed by atoms with Crippen molar-refractivity contribution in [2.24, 2.45) is 0 Å². The Kier molecular flexibility index (Phi) is 7.36. The summed E-state index contributed by atoms with van der Waals surface area (Å²) in [6, 6.07) is 15.4. The van der Waals surface area contributed by atoms with E-state index in [4.69, 9.17) is 14.9 Å². The van der Waals surface area contributed by atoms with E-state index in [1.807, 2.05) is 57.7 Å². The highest BCUT2D eigenvalue weighted by molar-refractivity contribution is 5.75. The fraction of sp³-hybridized carbons (Fsp3) is 0.435. The molecule has 0 spiro atoms. The lowest BCUT2D eigenvalue weighted by atomic mass is 10.2. The molecule has 1 heterocycles. The Morgan fingerprint density at radius 2 is 1.59 bits per heavy atom. The van der Waals surface area contributed by atoms with Crippen LogP contribution in [0.5, 0.6) is 11.5 Å². The van der Waals surface area contributed by atoms with Crippen LogP contribution in [0.2, 0.25) is 0 Å². The van der Waals surface area contributed by atoms with Gasteiger partial charge in [-0.15, -0.1) is 0 Å². The molecule has 2 aromatic carbocycles. The normalized spacial score (nSPS) is 12.2. The Labute approximate surface area is 171 Å². The number of nitrogens with zero attached hydrogens (tertiary/aromatic N) is 2. The third-order valence-electron chi connectivity index (χ3n) is 5.10. The first-order valence-corrected chi connectivity index (χ1v) is 10.3. The second-order valence-electron chi connectivity index (χ2n) is 7.25. The summed E-state index contributed by atoms with van der Waals surface area (Å²) in [6.07, 6.45) is 3.88. The maximum atomic E-state index is 10.6. The van der Waals surface area contributed by atoms with Crippen LogP contribution in [0.3, 0.4) is 0 Å². The van der Waals surface area contributed by atoms with Crippen molar-refractivity contribution in [1.29, 1.82) is 5.41 Å². The number of fused-ring (bicyclic) bond motifs is 1. The molecule has 0 aliphatic carbocycles. The summed E-state index contributed by atoms with van der Waals surface area (Å²) in [4.78, 5) is 0. The van der Waals surface area contributed by atoms with Gasteiger partial charge in [0.15, 0.2) is 11.5 Å². The number of aliphatic hydroxyl groups excluding tert-OH is 1. The summed E-state index contributed by atoms with van der Waals surface area (Å²) in [6.45, 7) is 3.45. The van der Waals surface area contributed by atoms with Gasteiger partial charge in [0.05, 0.1) is 24.7 Å². The molecule has 0 aliphatic heterocycles. The molecule has 156 valence electrons. The van der Waals surface area contributed by atoms with Crippen LogP contribution in [0.1, 0.15) is 32.6 Å². The van der Waals surface area contributed by atoms with Crippen LogP contribution in [0.4, 0.5) is 0 Å². The fourth-order valence-electron chi connectivity index (χ4n) is 3.59. The first-order chi connectivity index (χ1) is 14.2. The first kappa shape index (κ1) is 21.0. The van der Waals surface area contributed by atoms with Crippen molar-refractivity contribution in [3.63, 3.8) is 0 Å². The molecule has 2 N–H and O–H groups in total. The smallest absolute Gasteiger partial charge is 0.203 e. The highest BCUT2D eigenvalue weighted by Gasteiger charge is 2.15. The molecule has 0 radical (unpaired) electrons. The van der Waals surface area contributed by atoms with Gasteiger partial charge in [-0.2, -0.15) is 0 Å². The van der Waals surface area contributed by atoms with Gasteiger partial charge < -0.3 is 23.7 Å². The molecule has 3 rings (SSSR count). The number of ether oxygens (including phenoxy) is 2. The molecule has 0 saturated carbocycles. The van der Waals surface area contributed by atoms with Crippen molar-refractivity contribution in [3.8, 4) is 11.5 Å². The number of methoxy groups -OCH3 is 1. The molecule has 1 aromatic heterocycles. The molecular weight excluding hydrogens is 366 g/mol. The SMILES string of the molecule is CCCCCCn1c(=N)n(CC(O)COc2ccccc2OC)c2ccccc21. The van der Waals surface area contributed by atoms with Gasteiger partial charge in [0.25, 0.3) is 0 Å². The second kappa shape index (κ2) is 10.2. The van der Waals surface area contributed by atoms with Crippen molar-refractivity contribution >= 4 is 11.0 Å². The molecule has 0 saturated heterocycles. The summed E-state index contributed by atoms with van der Waals surface area (Å²) in [5.74, 6) is 1.24. The van der Waals surface area contributed by atoms with Crippen molar-refractivity contribution in [2.45, 2.75) is 51.8 Å². The van der Waals surface area contributed by atoms with Crippen LogP contribution in [0, 0.1) is 5.41 Å². The Hall–Kier alpha value is -2.73. The summed E-state index contributed by atoms with van der Waals surface area (Å²) < 4.78 is 14.9. The number of aromatic nitrogens is 2. The largest absolute Gasteiger partial charge is 0.493 e. The molecule has 0 amide bonds. The van der Waals surface area contributed by atoms with E-state index in [9.17, 15) is 5.11 Å². The van der Waals surface area contributed by atoms with Gasteiger partial charge in [0.1, 0.15) is 12.7 Å². The Balaban J connectivity index is 1.73. The number of unbranched alkanes of at least 4 members (excludes halogenated alkanes) is 3. The van der Waals surface area contributed by atoms with E-state index >= 15 is 0 Å². The predicted molar refractivity (Wildman–Crippen MR) is 114 cm³/mol. The van der Waals surface area contributed by atoms with Gasteiger partial charge in [-0.1, -0.05) is 50.5 Å². The van der Waals surface area contributed by atoms with Gasteiger partial charge >= 0.3 is 0 Å². The van der Waals surface area contributed by atoms with Crippen LogP contribution >= 0.6 is 0 Å². The first-order valence-electron chi connectivity index (χ1n) is 10.3. The van der Waals surface area contributed by atoms with Gasteiger partial charge in [-0.3, -0.25) is 5.41 Å². The van der Waals surface area contributed by atoms with E-state index in [1.165, 1.54) is 12.8 Å². The van der Waals surface area contributed by atoms with Crippen molar-refractivity contribution in [2.75, 3.05) is 13.7 Å². The van der Waals surface area contributed by atoms with Gasteiger partial charge in [-0.05, 0) is 30.7 Å². The second-order valence-corrected chi connectivity index (χ2v) is 7.25. The molecule has 29 heavy (non-hydrogen) atoms. The number of aryl methyl sites for hydroxylation is 1. The van der Waals surface area contributed by atoms with E-state index in [0.717, 1.165) is 30.4 Å². The van der Waals surface area contributed by atoms with E-state index in [-0.39, 0.29) is 6.61 Å². The van der Waals surface area contributed by atoms with Crippen molar-refractivity contribution < 1.29 is 14.6 Å². The summed E-state index contributed by atoms with van der Waals surface area (Å²) >= 11 is 0. The molecule has 1 atom stereocenters. The number of imidazole rings is 1. The maximum absolute atomic E-state index is 10.6. The highest BCUT2D eigenvalue weighted by Crippen LogP contribution is 2.26. The van der Waals surface area contributed by atoms with Crippen molar-refractivity contribution in [3.05, 3.63) is 54.1 Å². The number of rotatable bonds is 11. The van der Waals surface area contributed by atoms with Crippen LogP contribution in [-0.4, -0.2) is 34.1 Å². The van der Waals surface area contributed by atoms with E-state index < -0.39 is 6.10 Å². The Bertz CT molecular complexity index is 977. The lowest BCUT2D eigenvalue weighted by molar-refractivity contribution is 0.0906. The predicted octanol–water partition coefficient (Wildman–Crippen LogP) is 3.95. The average Bonchev–Trinajstić information content (AvgIpc) is 3.01. The minimum Gasteiger partial charge on any atom is -0.493 e. The highest BCUT2D eigenvalue weighted by atomic mass is 16.5. The quantitative estimate of drug-likeness (QED) is 0.481. The van der Waals surface area contributed by atoms with Gasteiger partial charge in [0, 0.05) is 6.54 Å². The van der Waals surface area contributed by atoms with Gasteiger partial charge in [-0.25, -0.2) is 0 Å². The van der Waals surface area contributed by atoms with Crippen LogP contribution in [0.15, 0.2) is 48.5 Å². The zero-order valence-electron chi connectivity index (χ0n) is 17.3. The minimum atomic E-state index is -0.742. The topological polar surface area (TPSA) is 72.4 Å².